The first-order valence-electron chi connectivity index (χ1n) is 25.4. The topological polar surface area (TPSA) is 113 Å². The van der Waals surface area contributed by atoms with Gasteiger partial charge in [0.15, 0.2) is 0 Å². The molecular formula is C57H68N2O9. The van der Waals surface area contributed by atoms with Gasteiger partial charge in [-0.1, -0.05) is 126 Å². The quantitative estimate of drug-likeness (QED) is 0.0778. The summed E-state index contributed by atoms with van der Waals surface area (Å²) in [5.41, 5.74) is 6.95. The number of hydrogen-bond acceptors (Lipinski definition) is 9. The zero-order valence-electron chi connectivity index (χ0n) is 40.2. The molecule has 4 aromatic carbocycles. The average molecular weight is 925 g/mol. The number of piperidine rings is 2. The Labute approximate surface area is 401 Å². The molecule has 2 heterocycles. The van der Waals surface area contributed by atoms with Crippen LogP contribution in [-0.2, 0) is 55.8 Å². The van der Waals surface area contributed by atoms with Gasteiger partial charge >= 0.3 is 18.3 Å². The van der Waals surface area contributed by atoms with E-state index in [0.29, 0.717) is 36.4 Å². The van der Waals surface area contributed by atoms with E-state index < -0.39 is 18.7 Å². The van der Waals surface area contributed by atoms with E-state index in [1.54, 1.807) is 0 Å². The summed E-state index contributed by atoms with van der Waals surface area (Å²) in [7, 11) is 0. The molecule has 2 aliphatic heterocycles. The molecule has 0 radical (unpaired) electrons. The molecule has 0 N–H and O–H groups in total. The second-order valence-electron chi connectivity index (χ2n) is 21.1. The van der Waals surface area contributed by atoms with E-state index in [2.05, 4.69) is 24.3 Å². The van der Waals surface area contributed by atoms with E-state index in [1.165, 1.54) is 22.3 Å². The van der Waals surface area contributed by atoms with Crippen molar-refractivity contribution in [1.82, 2.24) is 9.80 Å². The molecule has 4 bridgehead atoms. The molecule has 2 unspecified atom stereocenters. The zero-order chi connectivity index (χ0) is 47.0. The Kier molecular flexibility index (Phi) is 13.1. The molecule has 2 saturated carbocycles. The van der Waals surface area contributed by atoms with Crippen LogP contribution in [0.25, 0.3) is 0 Å². The minimum Gasteiger partial charge on any atom is -0.454 e. The summed E-state index contributed by atoms with van der Waals surface area (Å²) in [6.45, 7) is 9.71. The molecule has 10 rings (SSSR count). The summed E-state index contributed by atoms with van der Waals surface area (Å²) in [5.74, 6) is 1.64. The number of benzene rings is 4. The van der Waals surface area contributed by atoms with Crippen molar-refractivity contribution in [3.8, 4) is 11.5 Å². The molecule has 8 atom stereocenters. The highest BCUT2D eigenvalue weighted by molar-refractivity contribution is 5.70. The minimum absolute atomic E-state index is 0.0507. The van der Waals surface area contributed by atoms with Gasteiger partial charge in [-0.15, -0.1) is 0 Å². The van der Waals surface area contributed by atoms with Crippen molar-refractivity contribution in [3.63, 3.8) is 0 Å². The Bertz CT molecular complexity index is 2280. The summed E-state index contributed by atoms with van der Waals surface area (Å²) >= 11 is 0. The summed E-state index contributed by atoms with van der Waals surface area (Å²) in [5, 5.41) is 0. The van der Waals surface area contributed by atoms with Gasteiger partial charge in [0.1, 0.15) is 24.7 Å². The maximum absolute atomic E-state index is 13.7. The van der Waals surface area contributed by atoms with Crippen LogP contribution in [0.5, 0.6) is 11.5 Å². The molecule has 4 fully saturated rings. The Hall–Kier alpha value is -5.71. The molecule has 360 valence electrons. The number of fused-ring (bicyclic) bond motifs is 2. The third kappa shape index (κ3) is 8.90. The minimum atomic E-state index is -0.897. The van der Waals surface area contributed by atoms with Crippen LogP contribution in [0.2, 0.25) is 0 Å². The second kappa shape index (κ2) is 19.4. The van der Waals surface area contributed by atoms with Gasteiger partial charge in [0.05, 0.1) is 0 Å². The fourth-order valence-corrected chi connectivity index (χ4v) is 13.3. The number of rotatable bonds is 12. The first kappa shape index (κ1) is 46.0. The lowest BCUT2D eigenvalue weighted by Gasteiger charge is -2.58. The molecule has 68 heavy (non-hydrogen) atoms. The number of carbonyl (C=O) groups is 3. The molecule has 4 aliphatic carbocycles. The SMILES string of the molecule is CC(C)C(OC(=O)OC(Oc1ccc2c(c1)[C@@]13CCCC[C@H]1[C@@H](C2)N(C(=O)OCc1ccccc1)CC3)C(C)C)Oc1ccc2c(c1)[C@@]13CCCC[C@H]1[C@@H](C2)N(C(=O)OCc1ccccc1)CC3. The Morgan fingerprint density at radius 1 is 0.559 bits per heavy atom. The van der Waals surface area contributed by atoms with Crippen LogP contribution in [0.4, 0.5) is 14.4 Å². The third-order valence-electron chi connectivity index (χ3n) is 16.5. The Morgan fingerprint density at radius 3 is 1.40 bits per heavy atom. The highest BCUT2D eigenvalue weighted by Gasteiger charge is 2.57. The van der Waals surface area contributed by atoms with E-state index in [9.17, 15) is 14.4 Å². The van der Waals surface area contributed by atoms with E-state index in [-0.39, 0.29) is 60.1 Å². The maximum Gasteiger partial charge on any atom is 0.514 e. The Balaban J connectivity index is 0.799. The van der Waals surface area contributed by atoms with Crippen LogP contribution in [-0.4, -0.2) is 65.9 Å². The van der Waals surface area contributed by atoms with Gasteiger partial charge in [-0.05, 0) is 121 Å². The van der Waals surface area contributed by atoms with Crippen LogP contribution in [0.3, 0.4) is 0 Å². The number of nitrogens with zero attached hydrogens (tertiary/aromatic N) is 2. The van der Waals surface area contributed by atoms with E-state index in [4.69, 9.17) is 28.4 Å². The fourth-order valence-electron chi connectivity index (χ4n) is 13.3. The number of carbonyl (C=O) groups excluding carboxylic acids is 3. The lowest BCUT2D eigenvalue weighted by atomic mass is 9.52. The molecule has 6 aliphatic rings. The van der Waals surface area contributed by atoms with Crippen molar-refractivity contribution < 1.29 is 42.8 Å². The van der Waals surface area contributed by atoms with Crippen molar-refractivity contribution in [2.45, 2.75) is 153 Å². The smallest absolute Gasteiger partial charge is 0.454 e. The fraction of sp³-hybridized carbons (Fsp3) is 0.526. The lowest BCUT2D eigenvalue weighted by molar-refractivity contribution is -0.133. The van der Waals surface area contributed by atoms with Gasteiger partial charge < -0.3 is 38.2 Å². The molecule has 0 spiro atoms. The van der Waals surface area contributed by atoms with E-state index in [1.807, 2.05) is 110 Å². The molecular weight excluding hydrogens is 857 g/mol. The summed E-state index contributed by atoms with van der Waals surface area (Å²) in [6.07, 6.45) is 9.05. The highest BCUT2D eigenvalue weighted by atomic mass is 16.8. The van der Waals surface area contributed by atoms with E-state index >= 15 is 0 Å². The van der Waals surface area contributed by atoms with Crippen molar-refractivity contribution in [2.75, 3.05) is 13.1 Å². The first-order valence-corrected chi connectivity index (χ1v) is 25.4. The standard InChI is InChI=1S/C57H68N2O9/c1-37(2)51(65-43-23-21-41-31-49-45-19-11-13-25-56(45,47(41)33-43)27-29-58(49)53(60)63-35-39-15-7-5-8-16-39)67-55(62)68-52(38(3)4)66-44-24-22-42-32-50-46-20-12-14-26-57(46,48(42)34-44)28-30-59(50)54(61)64-36-40-17-9-6-10-18-40/h5-10,15-18,21-24,33-34,37-38,45-46,49-52H,11-14,19-20,25-32,35-36H2,1-4H3/t45-,46-,49+,50+,51?,52?,56+,57+/m0/s1. The Morgan fingerprint density at radius 2 is 0.985 bits per heavy atom. The average Bonchev–Trinajstić information content (AvgIpc) is 3.35. The van der Waals surface area contributed by atoms with Gasteiger partial charge in [-0.2, -0.15) is 0 Å². The molecule has 2 amide bonds. The summed E-state index contributed by atoms with van der Waals surface area (Å²) in [6, 6.07) is 32.4. The number of amides is 2. The van der Waals surface area contributed by atoms with Crippen molar-refractivity contribution in [2.24, 2.45) is 23.7 Å². The molecule has 0 aromatic heterocycles. The van der Waals surface area contributed by atoms with E-state index in [0.717, 1.165) is 88.2 Å². The normalized spacial score (nSPS) is 26.5. The van der Waals surface area contributed by atoms with Crippen LogP contribution in [0.15, 0.2) is 97.1 Å². The van der Waals surface area contributed by atoms with Gasteiger partial charge in [0.25, 0.3) is 0 Å². The predicted octanol–water partition coefficient (Wildman–Crippen LogP) is 12.1. The number of likely N-dealkylation sites (tertiary alicyclic amines) is 2. The third-order valence-corrected chi connectivity index (χ3v) is 16.5. The van der Waals surface area contributed by atoms with Gasteiger partial charge in [-0.25, -0.2) is 14.4 Å². The predicted molar refractivity (Wildman–Crippen MR) is 257 cm³/mol. The van der Waals surface area contributed by atoms with Crippen LogP contribution < -0.4 is 9.47 Å². The summed E-state index contributed by atoms with van der Waals surface area (Å²) < 4.78 is 36.8. The molecule has 11 heteroatoms. The van der Waals surface area contributed by atoms with Gasteiger partial charge in [-0.3, -0.25) is 0 Å². The highest BCUT2D eigenvalue weighted by Crippen LogP contribution is 2.58. The monoisotopic (exact) mass is 924 g/mol. The summed E-state index contributed by atoms with van der Waals surface area (Å²) in [4.78, 5) is 44.9. The second-order valence-corrected chi connectivity index (χ2v) is 21.1. The van der Waals surface area contributed by atoms with Gasteiger partial charge in [0, 0.05) is 47.8 Å². The van der Waals surface area contributed by atoms with Crippen molar-refractivity contribution >= 4 is 18.3 Å². The van der Waals surface area contributed by atoms with Crippen LogP contribution >= 0.6 is 0 Å². The van der Waals surface area contributed by atoms with Crippen molar-refractivity contribution in [1.29, 1.82) is 0 Å². The lowest BCUT2D eigenvalue weighted by Crippen LogP contribution is -2.62. The van der Waals surface area contributed by atoms with Crippen molar-refractivity contribution in [3.05, 3.63) is 130 Å². The van der Waals surface area contributed by atoms with Crippen LogP contribution in [0.1, 0.15) is 125 Å². The maximum atomic E-state index is 13.7. The molecule has 4 aromatic rings. The first-order chi connectivity index (χ1) is 33.0. The zero-order valence-corrected chi connectivity index (χ0v) is 40.2. The van der Waals surface area contributed by atoms with Crippen LogP contribution in [0, 0.1) is 23.7 Å². The largest absolute Gasteiger partial charge is 0.514 e. The van der Waals surface area contributed by atoms with Gasteiger partial charge in [0.2, 0.25) is 12.6 Å². The molecule has 11 nitrogen and oxygen atoms in total. The number of hydrogen-bond donors (Lipinski definition) is 0. The molecule has 2 saturated heterocycles. The number of ether oxygens (including phenoxy) is 6.